The zero-order chi connectivity index (χ0) is 14.7. The van der Waals surface area contributed by atoms with Crippen LogP contribution in [0.2, 0.25) is 5.02 Å². The highest BCUT2D eigenvalue weighted by molar-refractivity contribution is 6.33. The van der Waals surface area contributed by atoms with Gasteiger partial charge in [-0.1, -0.05) is 11.6 Å². The summed E-state index contributed by atoms with van der Waals surface area (Å²) in [5.41, 5.74) is 0.117. The predicted molar refractivity (Wildman–Crippen MR) is 75.2 cm³/mol. The van der Waals surface area contributed by atoms with Crippen LogP contribution in [0.15, 0.2) is 11.0 Å². The minimum Gasteiger partial charge on any atom is -0.468 e. The van der Waals surface area contributed by atoms with Crippen molar-refractivity contribution in [1.82, 2.24) is 15.1 Å². The molecule has 20 heavy (non-hydrogen) atoms. The van der Waals surface area contributed by atoms with Gasteiger partial charge in [0.2, 0.25) is 0 Å². The van der Waals surface area contributed by atoms with Crippen molar-refractivity contribution in [3.05, 3.63) is 21.6 Å². The van der Waals surface area contributed by atoms with E-state index >= 15 is 0 Å². The normalized spacial score (nSPS) is 18.9. The summed E-state index contributed by atoms with van der Waals surface area (Å²) in [6.07, 6.45) is 1.52. The maximum Gasteiger partial charge on any atom is 0.327 e. The van der Waals surface area contributed by atoms with Crippen LogP contribution in [0.3, 0.4) is 0 Å². The Morgan fingerprint density at radius 1 is 1.65 bits per heavy atom. The molecular weight excluding hydrogens is 284 g/mol. The molecule has 1 aromatic heterocycles. The van der Waals surface area contributed by atoms with Gasteiger partial charge in [0, 0.05) is 25.7 Å². The first-order valence-electron chi connectivity index (χ1n) is 6.33. The lowest BCUT2D eigenvalue weighted by atomic mass is 10.2. The molecule has 1 N–H and O–H groups in total. The van der Waals surface area contributed by atoms with Gasteiger partial charge >= 0.3 is 5.97 Å². The summed E-state index contributed by atoms with van der Waals surface area (Å²) in [5.74, 6) is -0.542. The van der Waals surface area contributed by atoms with Gasteiger partial charge in [0.15, 0.2) is 0 Å². The summed E-state index contributed by atoms with van der Waals surface area (Å²) in [5, 5.41) is 7.38. The summed E-state index contributed by atoms with van der Waals surface area (Å²) >= 11 is 6.12. The fourth-order valence-electron chi connectivity index (χ4n) is 2.13. The average Bonchev–Trinajstić information content (AvgIpc) is 2.44. The van der Waals surface area contributed by atoms with Crippen molar-refractivity contribution in [3.8, 4) is 0 Å². The molecule has 0 bridgehead atoms. The van der Waals surface area contributed by atoms with Gasteiger partial charge in [-0.15, -0.1) is 0 Å². The van der Waals surface area contributed by atoms with Crippen LogP contribution in [-0.2, 0) is 16.1 Å². The molecule has 1 fully saturated rings. The number of esters is 1. The first kappa shape index (κ1) is 14.8. The average molecular weight is 301 g/mol. The third kappa shape index (κ3) is 3.10. The number of halogens is 1. The number of carbonyl (C=O) groups is 1. The van der Waals surface area contributed by atoms with Crippen LogP contribution in [-0.4, -0.2) is 48.5 Å². The second-order valence-electron chi connectivity index (χ2n) is 4.68. The number of carbonyl (C=O) groups excluding carboxylic acids is 1. The van der Waals surface area contributed by atoms with Gasteiger partial charge in [0.1, 0.15) is 11.6 Å². The molecule has 7 nitrogen and oxygen atoms in total. The largest absolute Gasteiger partial charge is 0.468 e. The highest BCUT2D eigenvalue weighted by atomic mass is 35.5. The maximum absolute atomic E-state index is 12.1. The van der Waals surface area contributed by atoms with Crippen LogP contribution < -0.4 is 15.8 Å². The molecule has 0 saturated carbocycles. The standard InChI is InChI=1S/C12H17ClN4O3/c1-8-6-16(4-3-14-8)9-5-15-17(7-10(18)20-2)12(19)11(9)13/h5,8,14H,3-4,6-7H2,1-2H3. The van der Waals surface area contributed by atoms with Crippen molar-refractivity contribution in [1.29, 1.82) is 0 Å². The molecular formula is C12H17ClN4O3. The van der Waals surface area contributed by atoms with E-state index in [9.17, 15) is 9.59 Å². The molecule has 0 aliphatic carbocycles. The molecule has 2 heterocycles. The summed E-state index contributed by atoms with van der Waals surface area (Å²) in [7, 11) is 1.26. The molecule has 1 aliphatic heterocycles. The van der Waals surface area contributed by atoms with Crippen molar-refractivity contribution in [2.45, 2.75) is 19.5 Å². The van der Waals surface area contributed by atoms with Gasteiger partial charge < -0.3 is 15.0 Å². The molecule has 0 spiro atoms. The molecule has 0 aromatic carbocycles. The number of aromatic nitrogens is 2. The summed E-state index contributed by atoms with van der Waals surface area (Å²) in [6.45, 7) is 4.15. The van der Waals surface area contributed by atoms with Gasteiger partial charge in [0.25, 0.3) is 5.56 Å². The third-order valence-electron chi connectivity index (χ3n) is 3.18. The van der Waals surface area contributed by atoms with E-state index in [0.29, 0.717) is 11.7 Å². The van der Waals surface area contributed by atoms with Crippen molar-refractivity contribution in [2.24, 2.45) is 0 Å². The second-order valence-corrected chi connectivity index (χ2v) is 5.06. The summed E-state index contributed by atoms with van der Waals surface area (Å²) in [4.78, 5) is 25.3. The zero-order valence-corrected chi connectivity index (χ0v) is 12.2. The van der Waals surface area contributed by atoms with Crippen molar-refractivity contribution >= 4 is 23.3 Å². The first-order chi connectivity index (χ1) is 9.52. The Morgan fingerprint density at radius 2 is 2.40 bits per heavy atom. The Balaban J connectivity index is 2.26. The van der Waals surface area contributed by atoms with Crippen molar-refractivity contribution < 1.29 is 9.53 Å². The molecule has 1 aromatic rings. The van der Waals surface area contributed by atoms with Gasteiger partial charge in [-0.2, -0.15) is 5.10 Å². The number of hydrogen-bond donors (Lipinski definition) is 1. The van der Waals surface area contributed by atoms with Crippen molar-refractivity contribution in [2.75, 3.05) is 31.6 Å². The number of rotatable bonds is 3. The van der Waals surface area contributed by atoms with E-state index in [2.05, 4.69) is 22.1 Å². The monoisotopic (exact) mass is 300 g/mol. The molecule has 2 rings (SSSR count). The van der Waals surface area contributed by atoms with Crippen LogP contribution in [0.4, 0.5) is 5.69 Å². The minimum absolute atomic E-state index is 0.0815. The Labute approximate surface area is 121 Å². The van der Waals surface area contributed by atoms with Crippen LogP contribution in [0, 0.1) is 0 Å². The topological polar surface area (TPSA) is 76.5 Å². The molecule has 0 amide bonds. The highest BCUT2D eigenvalue weighted by Gasteiger charge is 2.21. The summed E-state index contributed by atoms with van der Waals surface area (Å²) < 4.78 is 5.51. The molecule has 1 unspecified atom stereocenters. The number of anilines is 1. The van der Waals surface area contributed by atoms with E-state index in [4.69, 9.17) is 11.6 Å². The van der Waals surface area contributed by atoms with E-state index in [-0.39, 0.29) is 11.6 Å². The van der Waals surface area contributed by atoms with Crippen LogP contribution in [0.1, 0.15) is 6.92 Å². The number of ether oxygens (including phenoxy) is 1. The van der Waals surface area contributed by atoms with E-state index < -0.39 is 11.5 Å². The molecule has 110 valence electrons. The van der Waals surface area contributed by atoms with E-state index in [1.54, 1.807) is 0 Å². The van der Waals surface area contributed by atoms with E-state index in [1.165, 1.54) is 13.3 Å². The lowest BCUT2D eigenvalue weighted by Gasteiger charge is -2.33. The molecule has 1 saturated heterocycles. The Bertz CT molecular complexity index is 560. The fraction of sp³-hybridized carbons (Fsp3) is 0.583. The quantitative estimate of drug-likeness (QED) is 0.784. The fourth-order valence-corrected chi connectivity index (χ4v) is 2.39. The van der Waals surface area contributed by atoms with Gasteiger partial charge in [-0.3, -0.25) is 9.59 Å². The van der Waals surface area contributed by atoms with E-state index in [0.717, 1.165) is 24.3 Å². The lowest BCUT2D eigenvalue weighted by molar-refractivity contribution is -0.141. The SMILES string of the molecule is COC(=O)Cn1ncc(N2CCNC(C)C2)c(Cl)c1=O. The first-order valence-corrected chi connectivity index (χ1v) is 6.71. The van der Waals surface area contributed by atoms with Crippen molar-refractivity contribution in [3.63, 3.8) is 0 Å². The van der Waals surface area contributed by atoms with Crippen LogP contribution >= 0.6 is 11.6 Å². The highest BCUT2D eigenvalue weighted by Crippen LogP contribution is 2.21. The number of methoxy groups -OCH3 is 1. The maximum atomic E-state index is 12.1. The lowest BCUT2D eigenvalue weighted by Crippen LogP contribution is -2.49. The van der Waals surface area contributed by atoms with Gasteiger partial charge in [-0.05, 0) is 6.92 Å². The Kier molecular flexibility index (Phi) is 4.61. The van der Waals surface area contributed by atoms with E-state index in [1.807, 2.05) is 4.90 Å². The summed E-state index contributed by atoms with van der Waals surface area (Å²) in [6, 6.07) is 0.317. The van der Waals surface area contributed by atoms with Gasteiger partial charge in [0.05, 0.1) is 19.0 Å². The number of nitrogens with one attached hydrogen (secondary N) is 1. The molecule has 1 aliphatic rings. The number of piperazine rings is 1. The minimum atomic E-state index is -0.542. The Morgan fingerprint density at radius 3 is 3.05 bits per heavy atom. The van der Waals surface area contributed by atoms with Crippen LogP contribution in [0.25, 0.3) is 0 Å². The number of hydrogen-bond acceptors (Lipinski definition) is 6. The number of nitrogens with zero attached hydrogens (tertiary/aromatic N) is 3. The molecule has 8 heteroatoms. The third-order valence-corrected chi connectivity index (χ3v) is 3.54. The zero-order valence-electron chi connectivity index (χ0n) is 11.4. The molecule has 1 atom stereocenters. The molecule has 0 radical (unpaired) electrons. The predicted octanol–water partition coefficient (Wildman–Crippen LogP) is -0.132. The van der Waals surface area contributed by atoms with Crippen LogP contribution in [0.5, 0.6) is 0 Å². The smallest absolute Gasteiger partial charge is 0.327 e. The Hall–Kier alpha value is -1.60. The van der Waals surface area contributed by atoms with Gasteiger partial charge in [-0.25, -0.2) is 4.68 Å². The second kappa shape index (κ2) is 6.23.